The summed E-state index contributed by atoms with van der Waals surface area (Å²) in [6.45, 7) is 1.90. The van der Waals surface area contributed by atoms with E-state index in [4.69, 9.17) is 11.6 Å². The van der Waals surface area contributed by atoms with Gasteiger partial charge in [0.15, 0.2) is 5.82 Å². The summed E-state index contributed by atoms with van der Waals surface area (Å²) in [4.78, 5) is 19.3. The van der Waals surface area contributed by atoms with E-state index in [1.165, 1.54) is 0 Å². The Kier molecular flexibility index (Phi) is 5.76. The van der Waals surface area contributed by atoms with Gasteiger partial charge in [0.2, 0.25) is 0 Å². The molecule has 1 aliphatic rings. The number of hydrogen-bond acceptors (Lipinski definition) is 3. The number of carbonyl (C=O) groups is 1. The lowest BCUT2D eigenvalue weighted by Gasteiger charge is -2.26. The van der Waals surface area contributed by atoms with Gasteiger partial charge in [0.05, 0.1) is 23.1 Å². The molecule has 3 rings (SSSR count). The van der Waals surface area contributed by atoms with E-state index in [0.717, 1.165) is 28.8 Å². The molecule has 134 valence electrons. The molecule has 8 heteroatoms. The first-order valence-corrected chi connectivity index (χ1v) is 9.26. The van der Waals surface area contributed by atoms with E-state index >= 15 is 0 Å². The first-order valence-electron chi connectivity index (χ1n) is 8.09. The van der Waals surface area contributed by atoms with Gasteiger partial charge in [-0.15, -0.1) is 0 Å². The van der Waals surface area contributed by atoms with Gasteiger partial charge in [-0.05, 0) is 34.5 Å². The van der Waals surface area contributed by atoms with E-state index in [2.05, 4.69) is 31.1 Å². The Bertz CT molecular complexity index is 795. The van der Waals surface area contributed by atoms with Crippen LogP contribution in [0.1, 0.15) is 28.4 Å². The fraction of sp³-hybridized carbons (Fsp3) is 0.412. The summed E-state index contributed by atoms with van der Waals surface area (Å²) in [6, 6.07) is 5.35. The molecule has 0 unspecified atom stereocenters. The standard InChI is InChI=1S/C17H19BrClFN4O/c1-23-14-6-9-24(8-3-7-20)10-13(14)21-16(23)17(25)22-12-5-2-4-11(18)15(12)19/h2,4-5H,3,6-10H2,1H3,(H,22,25). The van der Waals surface area contributed by atoms with Crippen LogP contribution in [-0.4, -0.2) is 40.1 Å². The minimum Gasteiger partial charge on any atom is -0.327 e. The van der Waals surface area contributed by atoms with Crippen LogP contribution in [-0.2, 0) is 20.0 Å². The molecule has 1 aliphatic heterocycles. The lowest BCUT2D eigenvalue weighted by Crippen LogP contribution is -2.32. The number of carbonyl (C=O) groups excluding carboxylic acids is 1. The Morgan fingerprint density at radius 1 is 1.48 bits per heavy atom. The predicted molar refractivity (Wildman–Crippen MR) is 99.9 cm³/mol. The van der Waals surface area contributed by atoms with Crippen molar-refractivity contribution in [3.05, 3.63) is 44.9 Å². The number of aromatic nitrogens is 2. The third kappa shape index (κ3) is 3.88. The van der Waals surface area contributed by atoms with Gasteiger partial charge in [-0.25, -0.2) is 4.98 Å². The zero-order valence-corrected chi connectivity index (χ0v) is 16.2. The monoisotopic (exact) mass is 428 g/mol. The summed E-state index contributed by atoms with van der Waals surface area (Å²) >= 11 is 9.55. The molecule has 1 aromatic heterocycles. The Morgan fingerprint density at radius 2 is 2.28 bits per heavy atom. The van der Waals surface area contributed by atoms with Crippen LogP contribution in [0.15, 0.2) is 22.7 Å². The molecule has 0 saturated heterocycles. The topological polar surface area (TPSA) is 50.2 Å². The van der Waals surface area contributed by atoms with E-state index in [0.29, 0.717) is 36.0 Å². The van der Waals surface area contributed by atoms with Gasteiger partial charge in [-0.2, -0.15) is 0 Å². The zero-order chi connectivity index (χ0) is 18.0. The number of benzene rings is 1. The molecular weight excluding hydrogens is 411 g/mol. The molecule has 0 radical (unpaired) electrons. The number of nitrogens with one attached hydrogen (secondary N) is 1. The number of nitrogens with zero attached hydrogens (tertiary/aromatic N) is 3. The Balaban J connectivity index is 1.78. The summed E-state index contributed by atoms with van der Waals surface area (Å²) in [6.07, 6.45) is 1.33. The van der Waals surface area contributed by atoms with E-state index in [9.17, 15) is 9.18 Å². The molecule has 0 fully saturated rings. The molecule has 0 saturated carbocycles. The number of anilines is 1. The van der Waals surface area contributed by atoms with Crippen LogP contribution in [0.3, 0.4) is 0 Å². The van der Waals surface area contributed by atoms with Gasteiger partial charge in [0.25, 0.3) is 5.91 Å². The second-order valence-electron chi connectivity index (χ2n) is 6.01. The van der Waals surface area contributed by atoms with E-state index in [-0.39, 0.29) is 12.6 Å². The zero-order valence-electron chi connectivity index (χ0n) is 13.9. The summed E-state index contributed by atoms with van der Waals surface area (Å²) in [5.41, 5.74) is 2.48. The van der Waals surface area contributed by atoms with Crippen LogP contribution >= 0.6 is 27.5 Å². The van der Waals surface area contributed by atoms with Crippen molar-refractivity contribution >= 4 is 39.1 Å². The van der Waals surface area contributed by atoms with E-state index < -0.39 is 0 Å². The van der Waals surface area contributed by atoms with Crippen LogP contribution < -0.4 is 5.32 Å². The molecular formula is C17H19BrClFN4O. The van der Waals surface area contributed by atoms with Crippen molar-refractivity contribution in [2.45, 2.75) is 19.4 Å². The average molecular weight is 430 g/mol. The molecule has 2 heterocycles. The number of halogens is 3. The molecule has 0 aliphatic carbocycles. The Hall–Kier alpha value is -1.44. The fourth-order valence-corrected chi connectivity index (χ4v) is 3.58. The highest BCUT2D eigenvalue weighted by molar-refractivity contribution is 9.10. The predicted octanol–water partition coefficient (Wildman–Crippen LogP) is 3.81. The minimum atomic E-state index is -0.313. The van der Waals surface area contributed by atoms with Crippen LogP contribution in [0.5, 0.6) is 0 Å². The lowest BCUT2D eigenvalue weighted by atomic mass is 10.1. The summed E-state index contributed by atoms with van der Waals surface area (Å²) in [7, 11) is 1.85. The number of imidazole rings is 1. The molecule has 25 heavy (non-hydrogen) atoms. The van der Waals surface area contributed by atoms with Gasteiger partial charge in [-0.1, -0.05) is 17.7 Å². The first-order chi connectivity index (χ1) is 12.0. The van der Waals surface area contributed by atoms with Crippen molar-refractivity contribution in [1.29, 1.82) is 0 Å². The Labute approximate surface area is 159 Å². The number of amides is 1. The van der Waals surface area contributed by atoms with Gasteiger partial charge in [-0.3, -0.25) is 14.1 Å². The van der Waals surface area contributed by atoms with Crippen molar-refractivity contribution in [2.75, 3.05) is 25.1 Å². The molecule has 0 bridgehead atoms. The summed E-state index contributed by atoms with van der Waals surface area (Å²) in [5.74, 6) is 0.0561. The minimum absolute atomic E-state index is 0.299. The Morgan fingerprint density at radius 3 is 3.04 bits per heavy atom. The highest BCUT2D eigenvalue weighted by atomic mass is 79.9. The van der Waals surface area contributed by atoms with E-state index in [1.807, 2.05) is 17.7 Å². The molecule has 0 atom stereocenters. The molecule has 2 aromatic rings. The smallest absolute Gasteiger partial charge is 0.291 e. The lowest BCUT2D eigenvalue weighted by molar-refractivity contribution is 0.101. The van der Waals surface area contributed by atoms with Gasteiger partial charge >= 0.3 is 0 Å². The highest BCUT2D eigenvalue weighted by Gasteiger charge is 2.25. The summed E-state index contributed by atoms with van der Waals surface area (Å²) < 4.78 is 14.9. The van der Waals surface area contributed by atoms with E-state index in [1.54, 1.807) is 12.1 Å². The second-order valence-corrected chi connectivity index (χ2v) is 7.24. The second kappa shape index (κ2) is 7.85. The molecule has 0 spiro atoms. The third-order valence-corrected chi connectivity index (χ3v) is 5.64. The van der Waals surface area contributed by atoms with Crippen molar-refractivity contribution in [1.82, 2.24) is 14.5 Å². The van der Waals surface area contributed by atoms with Crippen LogP contribution in [0.4, 0.5) is 10.1 Å². The van der Waals surface area contributed by atoms with Crippen LogP contribution in [0, 0.1) is 0 Å². The maximum atomic E-state index is 12.6. The van der Waals surface area contributed by atoms with Crippen molar-refractivity contribution in [2.24, 2.45) is 7.05 Å². The van der Waals surface area contributed by atoms with Gasteiger partial charge in [0.1, 0.15) is 0 Å². The SMILES string of the molecule is Cn1c(C(=O)Nc2cccc(Br)c2Cl)nc2c1CCN(CCCF)C2. The van der Waals surface area contributed by atoms with Gasteiger partial charge in [0, 0.05) is 43.3 Å². The molecule has 5 nitrogen and oxygen atoms in total. The number of rotatable bonds is 5. The molecule has 1 aromatic carbocycles. The van der Waals surface area contributed by atoms with Crippen LogP contribution in [0.25, 0.3) is 0 Å². The number of hydrogen-bond donors (Lipinski definition) is 1. The number of fused-ring (bicyclic) bond motifs is 1. The normalized spacial score (nSPS) is 14.4. The van der Waals surface area contributed by atoms with Crippen molar-refractivity contribution in [3.8, 4) is 0 Å². The van der Waals surface area contributed by atoms with Crippen molar-refractivity contribution in [3.63, 3.8) is 0 Å². The number of alkyl halides is 1. The highest BCUT2D eigenvalue weighted by Crippen LogP contribution is 2.30. The fourth-order valence-electron chi connectivity index (χ4n) is 3.04. The molecule has 1 N–H and O–H groups in total. The summed E-state index contributed by atoms with van der Waals surface area (Å²) in [5, 5.41) is 3.27. The van der Waals surface area contributed by atoms with Gasteiger partial charge < -0.3 is 9.88 Å². The maximum absolute atomic E-state index is 12.6. The third-order valence-electron chi connectivity index (χ3n) is 4.35. The van der Waals surface area contributed by atoms with Crippen LogP contribution in [0.2, 0.25) is 5.02 Å². The molecule has 1 amide bonds. The van der Waals surface area contributed by atoms with Crippen molar-refractivity contribution < 1.29 is 9.18 Å². The largest absolute Gasteiger partial charge is 0.327 e. The first kappa shape index (κ1) is 18.4. The average Bonchev–Trinajstić information content (AvgIpc) is 2.93. The quantitative estimate of drug-likeness (QED) is 0.786. The maximum Gasteiger partial charge on any atom is 0.291 e.